The first-order chi connectivity index (χ1) is 25.0. The second-order valence-electron chi connectivity index (χ2n) is 14.4. The standard InChI is InChI=1S/C46H39NO/c1-45(2)28-29-46(3,4)43-36(45)27-26-35(41(43)30-16-6-5-7-17-30)42-31-18-8-10-20-33(31)44(34-21-11-9-19-32(34)42)47-37-22-12-14-24-39(37)48-40-25-15-13-23-38(40)47/h5-27H,28-29H2,1-4H3/i8D,10D,18D,20D. The molecule has 7 aromatic rings. The Kier molecular flexibility index (Phi) is 5.47. The van der Waals surface area contributed by atoms with Gasteiger partial charge in [0.25, 0.3) is 0 Å². The Labute approximate surface area is 288 Å². The van der Waals surface area contributed by atoms with Crippen LogP contribution in [0.3, 0.4) is 0 Å². The van der Waals surface area contributed by atoms with Gasteiger partial charge in [-0.05, 0) is 92.1 Å². The Bertz CT molecular complexity index is 2560. The van der Waals surface area contributed by atoms with Crippen molar-refractivity contribution in [2.45, 2.75) is 51.4 Å². The first kappa shape index (κ1) is 24.8. The SMILES string of the molecule is [2H]c1c([2H])c([2H])c2c(N3c4ccccc4Oc4ccccc43)c3ccccc3c(-c3ccc4c(c3-c3ccccc3)C(C)(C)CCC4(C)C)c2c1[2H]. The second-order valence-corrected chi connectivity index (χ2v) is 14.4. The minimum Gasteiger partial charge on any atom is -0.453 e. The second kappa shape index (κ2) is 10.6. The van der Waals surface area contributed by atoms with Crippen LogP contribution in [0.5, 0.6) is 11.5 Å². The molecular weight excluding hydrogens is 583 g/mol. The maximum atomic E-state index is 9.66. The molecule has 0 unspecified atom stereocenters. The minimum absolute atomic E-state index is 0.0264. The molecule has 2 aliphatic rings. The number of nitrogens with zero attached hydrogens (tertiary/aromatic N) is 1. The molecule has 234 valence electrons. The van der Waals surface area contributed by atoms with Crippen LogP contribution in [0.2, 0.25) is 0 Å². The molecule has 0 radical (unpaired) electrons. The molecule has 1 heterocycles. The largest absolute Gasteiger partial charge is 0.453 e. The predicted octanol–water partition coefficient (Wildman–Crippen LogP) is 13.3. The summed E-state index contributed by atoms with van der Waals surface area (Å²) in [6.07, 6.45) is 2.11. The fourth-order valence-electron chi connectivity index (χ4n) is 8.18. The quantitative estimate of drug-likeness (QED) is 0.181. The van der Waals surface area contributed by atoms with E-state index in [1.54, 1.807) is 0 Å². The monoisotopic (exact) mass is 625 g/mol. The highest BCUT2D eigenvalue weighted by Gasteiger charge is 2.40. The van der Waals surface area contributed by atoms with Gasteiger partial charge < -0.3 is 9.64 Å². The number of ether oxygens (including phenoxy) is 1. The van der Waals surface area contributed by atoms with Crippen molar-refractivity contribution in [3.8, 4) is 33.8 Å². The first-order valence-electron chi connectivity index (χ1n) is 18.8. The summed E-state index contributed by atoms with van der Waals surface area (Å²) in [5, 5.41) is 2.79. The highest BCUT2D eigenvalue weighted by Crippen LogP contribution is 2.57. The molecule has 0 amide bonds. The molecule has 0 spiro atoms. The third-order valence-corrected chi connectivity index (χ3v) is 10.6. The maximum Gasteiger partial charge on any atom is 0.151 e. The van der Waals surface area contributed by atoms with Crippen LogP contribution in [0.15, 0.2) is 139 Å². The minimum atomic E-state index is -0.258. The van der Waals surface area contributed by atoms with E-state index in [4.69, 9.17) is 7.48 Å². The third kappa shape index (κ3) is 4.25. The summed E-state index contributed by atoms with van der Waals surface area (Å²) < 4.78 is 43.7. The van der Waals surface area contributed by atoms with E-state index in [1.165, 1.54) is 11.1 Å². The van der Waals surface area contributed by atoms with Crippen molar-refractivity contribution in [1.82, 2.24) is 0 Å². The molecule has 1 aliphatic carbocycles. The number of benzene rings is 7. The van der Waals surface area contributed by atoms with E-state index in [-0.39, 0.29) is 35.0 Å². The number of rotatable bonds is 3. The number of hydrogen-bond donors (Lipinski definition) is 0. The molecule has 0 fully saturated rings. The highest BCUT2D eigenvalue weighted by atomic mass is 16.5. The van der Waals surface area contributed by atoms with Crippen molar-refractivity contribution in [3.63, 3.8) is 0 Å². The normalized spacial score (nSPS) is 17.0. The van der Waals surface area contributed by atoms with Gasteiger partial charge in [0, 0.05) is 10.8 Å². The lowest BCUT2D eigenvalue weighted by Crippen LogP contribution is -2.34. The Hall–Kier alpha value is -5.34. The zero-order valence-electron chi connectivity index (χ0n) is 31.7. The molecule has 0 N–H and O–H groups in total. The molecule has 0 bridgehead atoms. The van der Waals surface area contributed by atoms with Gasteiger partial charge in [-0.2, -0.15) is 0 Å². The smallest absolute Gasteiger partial charge is 0.151 e. The first-order valence-corrected chi connectivity index (χ1v) is 16.8. The molecule has 2 heteroatoms. The molecule has 2 nitrogen and oxygen atoms in total. The van der Waals surface area contributed by atoms with Crippen LogP contribution in [0.25, 0.3) is 43.8 Å². The van der Waals surface area contributed by atoms with Crippen LogP contribution >= 0.6 is 0 Å². The lowest BCUT2D eigenvalue weighted by Gasteiger charge is -2.44. The van der Waals surface area contributed by atoms with Gasteiger partial charge in [0.05, 0.1) is 22.5 Å². The number of anilines is 3. The van der Waals surface area contributed by atoms with Gasteiger partial charge >= 0.3 is 0 Å². The summed E-state index contributed by atoms with van der Waals surface area (Å²) in [4.78, 5) is 2.12. The Balaban J connectivity index is 1.52. The van der Waals surface area contributed by atoms with Crippen molar-refractivity contribution >= 4 is 38.6 Å². The van der Waals surface area contributed by atoms with E-state index in [0.29, 0.717) is 28.0 Å². The number of hydrogen-bond acceptors (Lipinski definition) is 2. The molecule has 0 saturated heterocycles. The zero-order chi connectivity index (χ0) is 36.1. The lowest BCUT2D eigenvalue weighted by atomic mass is 9.60. The molecule has 7 aromatic carbocycles. The highest BCUT2D eigenvalue weighted by molar-refractivity contribution is 6.23. The van der Waals surface area contributed by atoms with Gasteiger partial charge in [0.1, 0.15) is 0 Å². The van der Waals surface area contributed by atoms with Crippen molar-refractivity contribution in [2.24, 2.45) is 0 Å². The molecule has 1 aliphatic heterocycles. The fourth-order valence-corrected chi connectivity index (χ4v) is 8.18. The van der Waals surface area contributed by atoms with Crippen LogP contribution in [-0.4, -0.2) is 0 Å². The molecule has 0 atom stereocenters. The summed E-state index contributed by atoms with van der Waals surface area (Å²) in [6, 6.07) is 38.4. The lowest BCUT2D eigenvalue weighted by molar-refractivity contribution is 0.333. The topological polar surface area (TPSA) is 12.5 Å². The summed E-state index contributed by atoms with van der Waals surface area (Å²) in [5.41, 5.74) is 8.80. The Morgan fingerprint density at radius 1 is 0.562 bits per heavy atom. The van der Waals surface area contributed by atoms with Crippen LogP contribution < -0.4 is 9.64 Å². The molecular formula is C46H39NO. The van der Waals surface area contributed by atoms with Crippen molar-refractivity contribution < 1.29 is 10.2 Å². The molecule has 48 heavy (non-hydrogen) atoms. The molecule has 9 rings (SSSR count). The zero-order valence-corrected chi connectivity index (χ0v) is 27.7. The van der Waals surface area contributed by atoms with Crippen molar-refractivity contribution in [2.75, 3.05) is 4.90 Å². The van der Waals surface area contributed by atoms with Crippen molar-refractivity contribution in [3.05, 3.63) is 151 Å². The number of para-hydroxylation sites is 4. The fraction of sp³-hybridized carbons (Fsp3) is 0.174. The van der Waals surface area contributed by atoms with Crippen LogP contribution in [0.1, 0.15) is 57.1 Å². The van der Waals surface area contributed by atoms with E-state index < -0.39 is 0 Å². The predicted molar refractivity (Wildman–Crippen MR) is 202 cm³/mol. The van der Waals surface area contributed by atoms with E-state index >= 15 is 0 Å². The molecule has 0 saturated carbocycles. The van der Waals surface area contributed by atoms with E-state index in [2.05, 4.69) is 81.1 Å². The van der Waals surface area contributed by atoms with Crippen LogP contribution in [0, 0.1) is 0 Å². The van der Waals surface area contributed by atoms with E-state index in [1.807, 2.05) is 66.7 Å². The average molecular weight is 626 g/mol. The molecule has 0 aromatic heterocycles. The average Bonchev–Trinajstić information content (AvgIpc) is 3.16. The van der Waals surface area contributed by atoms with Gasteiger partial charge in [-0.25, -0.2) is 0 Å². The van der Waals surface area contributed by atoms with Gasteiger partial charge in [-0.3, -0.25) is 0 Å². The maximum absolute atomic E-state index is 9.66. The summed E-state index contributed by atoms with van der Waals surface area (Å²) in [7, 11) is 0. The van der Waals surface area contributed by atoms with Gasteiger partial charge in [-0.1, -0.05) is 143 Å². The van der Waals surface area contributed by atoms with Gasteiger partial charge in [-0.15, -0.1) is 0 Å². The summed E-state index contributed by atoms with van der Waals surface area (Å²) in [6.45, 7) is 9.36. The van der Waals surface area contributed by atoms with Gasteiger partial charge in [0.15, 0.2) is 11.5 Å². The Morgan fingerprint density at radius 3 is 1.85 bits per heavy atom. The van der Waals surface area contributed by atoms with Crippen molar-refractivity contribution in [1.29, 1.82) is 0 Å². The van der Waals surface area contributed by atoms with Crippen LogP contribution in [0.4, 0.5) is 17.1 Å². The van der Waals surface area contributed by atoms with E-state index in [9.17, 15) is 2.74 Å². The number of fused-ring (bicyclic) bond motifs is 5. The Morgan fingerprint density at radius 2 is 1.15 bits per heavy atom. The van der Waals surface area contributed by atoms with Gasteiger partial charge in [0.2, 0.25) is 0 Å². The van der Waals surface area contributed by atoms with E-state index in [0.717, 1.165) is 57.2 Å². The summed E-state index contributed by atoms with van der Waals surface area (Å²) in [5.74, 6) is 1.35. The summed E-state index contributed by atoms with van der Waals surface area (Å²) >= 11 is 0. The van der Waals surface area contributed by atoms with Crippen LogP contribution in [-0.2, 0) is 10.8 Å². The third-order valence-electron chi connectivity index (χ3n) is 10.6.